The lowest BCUT2D eigenvalue weighted by Crippen LogP contribution is -2.38. The Balaban J connectivity index is 1.45. The van der Waals surface area contributed by atoms with Crippen molar-refractivity contribution >= 4 is 45.8 Å². The Kier molecular flexibility index (Phi) is 8.22. The van der Waals surface area contributed by atoms with Crippen molar-refractivity contribution in [2.24, 2.45) is 0 Å². The van der Waals surface area contributed by atoms with Crippen LogP contribution < -0.4 is 9.47 Å². The molecule has 5 nitrogen and oxygen atoms in total. The van der Waals surface area contributed by atoms with Crippen molar-refractivity contribution in [2.75, 3.05) is 7.11 Å². The van der Waals surface area contributed by atoms with Gasteiger partial charge in [0.2, 0.25) is 0 Å². The van der Waals surface area contributed by atoms with E-state index in [1.54, 1.807) is 7.11 Å². The summed E-state index contributed by atoms with van der Waals surface area (Å²) in [4.78, 5) is 29.7. The number of allylic oxidation sites excluding steroid dienone is 4. The Bertz CT molecular complexity index is 1530. The van der Waals surface area contributed by atoms with E-state index in [4.69, 9.17) is 21.1 Å². The standard InChI is InChI=1S/C34H31ClINO4/c1-40-30-18-23(17-25(36)34(30)41-20-22-11-5-6-12-24(22)35)31-32-26(13-7-15-28(32)38)37(19-21-9-3-2-4-10-21)27-14-8-16-29(39)33(27)31/h2-6,9-12,17-18,31H,7-8,13-16,19-20H2,1H3. The average Bonchev–Trinajstić information content (AvgIpc) is 2.98. The lowest BCUT2D eigenvalue weighted by Gasteiger charge is -2.44. The molecule has 0 saturated heterocycles. The van der Waals surface area contributed by atoms with Crippen molar-refractivity contribution in [1.29, 1.82) is 0 Å². The molecule has 0 N–H and O–H groups in total. The SMILES string of the molecule is COc1cc(C2C3=C(CCCC3=O)N(Cc3ccccc3)C3=C2C(=O)CCC3)cc(I)c1OCc1ccccc1Cl. The van der Waals surface area contributed by atoms with Gasteiger partial charge in [0.1, 0.15) is 6.61 Å². The molecule has 0 aromatic heterocycles. The summed E-state index contributed by atoms with van der Waals surface area (Å²) in [6.45, 7) is 0.951. The molecule has 3 aliphatic rings. The highest BCUT2D eigenvalue weighted by atomic mass is 127. The van der Waals surface area contributed by atoms with Crippen molar-refractivity contribution in [3.8, 4) is 11.5 Å². The van der Waals surface area contributed by atoms with Gasteiger partial charge in [0.05, 0.1) is 10.7 Å². The van der Waals surface area contributed by atoms with Crippen molar-refractivity contribution in [3.63, 3.8) is 0 Å². The van der Waals surface area contributed by atoms with E-state index < -0.39 is 5.92 Å². The lowest BCUT2D eigenvalue weighted by molar-refractivity contribution is -0.117. The first-order chi connectivity index (χ1) is 20.0. The highest BCUT2D eigenvalue weighted by Crippen LogP contribution is 2.51. The van der Waals surface area contributed by atoms with Gasteiger partial charge in [0.15, 0.2) is 23.1 Å². The van der Waals surface area contributed by atoms with E-state index in [1.165, 1.54) is 0 Å². The minimum absolute atomic E-state index is 0.132. The third-order valence-electron chi connectivity index (χ3n) is 8.18. The van der Waals surface area contributed by atoms with Crippen molar-refractivity contribution in [1.82, 2.24) is 4.90 Å². The summed E-state index contributed by atoms with van der Waals surface area (Å²) in [5.41, 5.74) is 6.60. The number of benzene rings is 3. The van der Waals surface area contributed by atoms with E-state index in [0.717, 1.165) is 68.5 Å². The fraction of sp³-hybridized carbons (Fsp3) is 0.294. The summed E-state index contributed by atoms with van der Waals surface area (Å²) >= 11 is 8.62. The van der Waals surface area contributed by atoms with Crippen LogP contribution in [-0.4, -0.2) is 23.6 Å². The summed E-state index contributed by atoms with van der Waals surface area (Å²) in [5.74, 6) is 1.04. The van der Waals surface area contributed by atoms with E-state index >= 15 is 0 Å². The number of carbonyl (C=O) groups is 2. The van der Waals surface area contributed by atoms with Crippen LogP contribution in [0.4, 0.5) is 0 Å². The number of ether oxygens (including phenoxy) is 2. The number of hydrogen-bond donors (Lipinski definition) is 0. The van der Waals surface area contributed by atoms with Crippen LogP contribution in [0, 0.1) is 3.57 Å². The van der Waals surface area contributed by atoms with Gasteiger partial charge in [-0.2, -0.15) is 0 Å². The lowest BCUT2D eigenvalue weighted by atomic mass is 9.71. The average molecular weight is 680 g/mol. The molecular formula is C34H31ClINO4. The van der Waals surface area contributed by atoms with E-state index in [-0.39, 0.29) is 11.6 Å². The monoisotopic (exact) mass is 679 g/mol. The van der Waals surface area contributed by atoms with Crippen molar-refractivity contribution in [2.45, 2.75) is 57.6 Å². The smallest absolute Gasteiger partial charge is 0.174 e. The quantitative estimate of drug-likeness (QED) is 0.236. The van der Waals surface area contributed by atoms with Gasteiger partial charge in [-0.1, -0.05) is 60.1 Å². The molecule has 0 amide bonds. The molecular weight excluding hydrogens is 649 g/mol. The summed E-state index contributed by atoms with van der Waals surface area (Å²) in [5, 5.41) is 0.644. The molecule has 2 aliphatic carbocycles. The normalized spacial score (nSPS) is 17.5. The zero-order valence-corrected chi connectivity index (χ0v) is 25.8. The van der Waals surface area contributed by atoms with E-state index in [1.807, 2.05) is 54.6 Å². The maximum Gasteiger partial charge on any atom is 0.174 e. The molecule has 0 spiro atoms. The molecule has 0 atom stereocenters. The molecule has 0 radical (unpaired) electrons. The molecule has 210 valence electrons. The molecule has 3 aromatic carbocycles. The zero-order valence-electron chi connectivity index (χ0n) is 22.9. The number of hydrogen-bond acceptors (Lipinski definition) is 5. The van der Waals surface area contributed by atoms with Crippen LogP contribution in [0.25, 0.3) is 0 Å². The molecule has 6 rings (SSSR count). The number of Topliss-reactive ketones (excluding diaryl/α,β-unsaturated/α-hetero) is 2. The van der Waals surface area contributed by atoms with Gasteiger partial charge in [-0.05, 0) is 77.6 Å². The molecule has 1 aliphatic heterocycles. The maximum atomic E-state index is 13.7. The topological polar surface area (TPSA) is 55.8 Å². The molecule has 0 saturated carbocycles. The second-order valence-electron chi connectivity index (χ2n) is 10.7. The first-order valence-corrected chi connectivity index (χ1v) is 15.5. The molecule has 0 unspecified atom stereocenters. The fourth-order valence-electron chi connectivity index (χ4n) is 6.32. The Labute approximate surface area is 259 Å². The number of nitrogens with zero attached hydrogens (tertiary/aromatic N) is 1. The highest BCUT2D eigenvalue weighted by molar-refractivity contribution is 14.1. The van der Waals surface area contributed by atoms with Crippen LogP contribution in [0.3, 0.4) is 0 Å². The van der Waals surface area contributed by atoms with Crippen LogP contribution in [0.5, 0.6) is 11.5 Å². The number of methoxy groups -OCH3 is 1. The third kappa shape index (κ3) is 5.44. The van der Waals surface area contributed by atoms with Gasteiger partial charge in [0.25, 0.3) is 0 Å². The van der Waals surface area contributed by atoms with E-state index in [0.29, 0.717) is 42.5 Å². The van der Waals surface area contributed by atoms with Crippen LogP contribution in [0.15, 0.2) is 89.3 Å². The third-order valence-corrected chi connectivity index (χ3v) is 9.35. The minimum Gasteiger partial charge on any atom is -0.493 e. The Morgan fingerprint density at radius 2 is 1.51 bits per heavy atom. The molecule has 0 bridgehead atoms. The molecule has 41 heavy (non-hydrogen) atoms. The number of carbonyl (C=O) groups excluding carboxylic acids is 2. The molecule has 0 fully saturated rings. The van der Waals surface area contributed by atoms with E-state index in [2.05, 4.69) is 39.6 Å². The number of rotatable bonds is 7. The first-order valence-electron chi connectivity index (χ1n) is 14.0. The number of halogens is 2. The van der Waals surface area contributed by atoms with Gasteiger partial charge < -0.3 is 14.4 Å². The van der Waals surface area contributed by atoms with Gasteiger partial charge in [-0.25, -0.2) is 0 Å². The largest absolute Gasteiger partial charge is 0.493 e. The predicted octanol–water partition coefficient (Wildman–Crippen LogP) is 8.15. The van der Waals surface area contributed by atoms with Crippen LogP contribution in [-0.2, 0) is 22.7 Å². The van der Waals surface area contributed by atoms with Crippen LogP contribution in [0.2, 0.25) is 5.02 Å². The van der Waals surface area contributed by atoms with Gasteiger partial charge in [-0.3, -0.25) is 9.59 Å². The fourth-order valence-corrected chi connectivity index (χ4v) is 7.29. The molecule has 1 heterocycles. The first kappa shape index (κ1) is 28.0. The van der Waals surface area contributed by atoms with Crippen molar-refractivity contribution in [3.05, 3.63) is 115 Å². The maximum absolute atomic E-state index is 13.7. The van der Waals surface area contributed by atoms with Gasteiger partial charge in [-0.15, -0.1) is 0 Å². The minimum atomic E-state index is -0.410. The summed E-state index contributed by atoms with van der Waals surface area (Å²) in [6, 6.07) is 21.9. The predicted molar refractivity (Wildman–Crippen MR) is 168 cm³/mol. The van der Waals surface area contributed by atoms with Gasteiger partial charge in [0, 0.05) is 58.4 Å². The Hall–Kier alpha value is -3.10. The zero-order chi connectivity index (χ0) is 28.5. The summed E-state index contributed by atoms with van der Waals surface area (Å²) in [7, 11) is 1.62. The van der Waals surface area contributed by atoms with Crippen LogP contribution in [0.1, 0.15) is 61.1 Å². The molecule has 3 aromatic rings. The van der Waals surface area contributed by atoms with Gasteiger partial charge >= 0.3 is 0 Å². The van der Waals surface area contributed by atoms with E-state index in [9.17, 15) is 9.59 Å². The molecule has 7 heteroatoms. The summed E-state index contributed by atoms with van der Waals surface area (Å²) in [6.07, 6.45) is 4.28. The number of ketones is 2. The van der Waals surface area contributed by atoms with Crippen LogP contribution >= 0.6 is 34.2 Å². The van der Waals surface area contributed by atoms with Crippen molar-refractivity contribution < 1.29 is 19.1 Å². The Morgan fingerprint density at radius 3 is 2.15 bits per heavy atom. The second kappa shape index (κ2) is 12.0. The Morgan fingerprint density at radius 1 is 0.878 bits per heavy atom. The highest BCUT2D eigenvalue weighted by Gasteiger charge is 2.43. The summed E-state index contributed by atoms with van der Waals surface area (Å²) < 4.78 is 12.9. The second-order valence-corrected chi connectivity index (χ2v) is 12.3.